The van der Waals surface area contributed by atoms with Crippen LogP contribution in [0.2, 0.25) is 0 Å². The summed E-state index contributed by atoms with van der Waals surface area (Å²) in [5, 5.41) is 6.21. The molecule has 21 heavy (non-hydrogen) atoms. The van der Waals surface area contributed by atoms with E-state index in [-0.39, 0.29) is 6.03 Å². The zero-order valence-electron chi connectivity index (χ0n) is 11.7. The van der Waals surface area contributed by atoms with E-state index in [1.807, 2.05) is 58.4 Å². The Bertz CT molecular complexity index is 590. The van der Waals surface area contributed by atoms with Gasteiger partial charge in [-0.15, -0.1) is 0 Å². The van der Waals surface area contributed by atoms with Gasteiger partial charge in [0.15, 0.2) is 0 Å². The first-order chi connectivity index (χ1) is 10.3. The second-order valence-corrected chi connectivity index (χ2v) is 4.91. The van der Waals surface area contributed by atoms with Crippen LogP contribution in [0.25, 0.3) is 0 Å². The van der Waals surface area contributed by atoms with E-state index in [2.05, 4.69) is 16.1 Å². The van der Waals surface area contributed by atoms with Gasteiger partial charge in [-0.05, 0) is 24.3 Å². The van der Waals surface area contributed by atoms with Gasteiger partial charge in [0.05, 0.1) is 11.4 Å². The van der Waals surface area contributed by atoms with Crippen LogP contribution >= 0.6 is 0 Å². The number of aromatic nitrogens is 1. The fraction of sp³-hybridized carbons (Fsp3) is 0.267. The number of carbonyl (C=O) groups excluding carboxylic acids is 1. The number of amides is 2. The molecule has 2 heterocycles. The predicted octanol–water partition coefficient (Wildman–Crippen LogP) is 1.80. The van der Waals surface area contributed by atoms with E-state index in [9.17, 15) is 4.79 Å². The van der Waals surface area contributed by atoms with Gasteiger partial charge in [-0.3, -0.25) is 10.1 Å². The minimum atomic E-state index is -0.0572. The second-order valence-electron chi connectivity index (χ2n) is 4.91. The zero-order chi connectivity index (χ0) is 14.5. The van der Waals surface area contributed by atoms with Crippen molar-refractivity contribution in [3.8, 4) is 0 Å². The maximum Gasteiger partial charge on any atom is 0.321 e. The van der Waals surface area contributed by atoms with E-state index in [1.54, 1.807) is 0 Å². The van der Waals surface area contributed by atoms with E-state index in [4.69, 9.17) is 0 Å². The van der Waals surface area contributed by atoms with Gasteiger partial charge in [-0.1, -0.05) is 12.1 Å². The Balaban J connectivity index is 1.71. The van der Waals surface area contributed by atoms with Crippen LogP contribution in [0.3, 0.4) is 0 Å². The van der Waals surface area contributed by atoms with Crippen molar-refractivity contribution < 1.29 is 4.79 Å². The molecule has 3 rings (SSSR count). The standard InChI is InChI=1S/C15H19N5O/c21-15(19-11-7-16-8-12-19)17-13-5-1-2-6-14(13)18-20-9-3-4-10-20/h1-6,9-10,16,18H,7-8,11-12H2,(H,17,21). The van der Waals surface area contributed by atoms with Crippen molar-refractivity contribution in [3.05, 3.63) is 48.8 Å². The minimum absolute atomic E-state index is 0.0572. The van der Waals surface area contributed by atoms with Crippen LogP contribution in [0.5, 0.6) is 0 Å². The summed E-state index contributed by atoms with van der Waals surface area (Å²) >= 11 is 0. The molecule has 1 aliphatic heterocycles. The summed E-state index contributed by atoms with van der Waals surface area (Å²) in [6.07, 6.45) is 3.82. The summed E-state index contributed by atoms with van der Waals surface area (Å²) in [6.45, 7) is 3.16. The van der Waals surface area contributed by atoms with E-state index < -0.39 is 0 Å². The molecular formula is C15H19N5O. The third kappa shape index (κ3) is 3.35. The Morgan fingerprint density at radius 1 is 1.00 bits per heavy atom. The normalized spacial score (nSPS) is 14.8. The molecule has 0 saturated carbocycles. The van der Waals surface area contributed by atoms with Crippen molar-refractivity contribution in [2.75, 3.05) is 36.9 Å². The molecule has 0 atom stereocenters. The number of hydrogen-bond donors (Lipinski definition) is 3. The number of nitrogens with one attached hydrogen (secondary N) is 3. The van der Waals surface area contributed by atoms with Crippen LogP contribution < -0.4 is 16.1 Å². The van der Waals surface area contributed by atoms with Gasteiger partial charge >= 0.3 is 6.03 Å². The quantitative estimate of drug-likeness (QED) is 0.806. The highest BCUT2D eigenvalue weighted by atomic mass is 16.2. The number of anilines is 2. The van der Waals surface area contributed by atoms with E-state index in [1.165, 1.54) is 0 Å². The maximum absolute atomic E-state index is 12.3. The van der Waals surface area contributed by atoms with Gasteiger partial charge in [0, 0.05) is 38.6 Å². The van der Waals surface area contributed by atoms with Gasteiger partial charge in [0.2, 0.25) is 0 Å². The van der Waals surface area contributed by atoms with Crippen LogP contribution in [0.15, 0.2) is 48.8 Å². The topological polar surface area (TPSA) is 61.3 Å². The molecule has 1 saturated heterocycles. The zero-order valence-corrected chi connectivity index (χ0v) is 11.7. The van der Waals surface area contributed by atoms with Crippen molar-refractivity contribution in [1.29, 1.82) is 0 Å². The number of hydrogen-bond acceptors (Lipinski definition) is 3. The number of benzene rings is 1. The van der Waals surface area contributed by atoms with Gasteiger partial charge in [-0.25, -0.2) is 4.79 Å². The summed E-state index contributed by atoms with van der Waals surface area (Å²) in [7, 11) is 0. The lowest BCUT2D eigenvalue weighted by molar-refractivity contribution is 0.204. The third-order valence-electron chi connectivity index (χ3n) is 3.43. The third-order valence-corrected chi connectivity index (χ3v) is 3.43. The van der Waals surface area contributed by atoms with Crippen molar-refractivity contribution in [2.24, 2.45) is 0 Å². The highest BCUT2D eigenvalue weighted by molar-refractivity contribution is 5.93. The Labute approximate surface area is 123 Å². The van der Waals surface area contributed by atoms with Crippen molar-refractivity contribution >= 4 is 17.4 Å². The number of nitrogens with zero attached hydrogens (tertiary/aromatic N) is 2. The summed E-state index contributed by atoms with van der Waals surface area (Å²) in [6, 6.07) is 11.5. The number of urea groups is 1. The van der Waals surface area contributed by atoms with Crippen molar-refractivity contribution in [2.45, 2.75) is 0 Å². The minimum Gasteiger partial charge on any atom is -0.322 e. The first-order valence-corrected chi connectivity index (χ1v) is 7.08. The monoisotopic (exact) mass is 285 g/mol. The van der Waals surface area contributed by atoms with Crippen LogP contribution in [0.4, 0.5) is 16.2 Å². The number of piperazine rings is 1. The fourth-order valence-corrected chi connectivity index (χ4v) is 2.30. The molecule has 1 fully saturated rings. The second kappa shape index (κ2) is 6.32. The van der Waals surface area contributed by atoms with Crippen molar-refractivity contribution in [1.82, 2.24) is 14.9 Å². The van der Waals surface area contributed by atoms with Gasteiger partial charge in [0.25, 0.3) is 0 Å². The number of rotatable bonds is 3. The average molecular weight is 285 g/mol. The maximum atomic E-state index is 12.3. The fourth-order valence-electron chi connectivity index (χ4n) is 2.30. The lowest BCUT2D eigenvalue weighted by Crippen LogP contribution is -2.48. The molecule has 1 aromatic carbocycles. The Morgan fingerprint density at radius 2 is 1.67 bits per heavy atom. The SMILES string of the molecule is O=C(Nc1ccccc1Nn1cccc1)N1CCNCC1. The van der Waals surface area contributed by atoms with Crippen LogP contribution in [-0.2, 0) is 0 Å². The van der Waals surface area contributed by atoms with Crippen molar-refractivity contribution in [3.63, 3.8) is 0 Å². The summed E-state index contributed by atoms with van der Waals surface area (Å²) in [4.78, 5) is 14.1. The molecule has 1 aliphatic rings. The van der Waals surface area contributed by atoms with E-state index in [0.717, 1.165) is 37.6 Å². The molecule has 0 bridgehead atoms. The molecule has 2 amide bonds. The van der Waals surface area contributed by atoms with Gasteiger partial charge < -0.3 is 15.5 Å². The Morgan fingerprint density at radius 3 is 2.38 bits per heavy atom. The first kappa shape index (κ1) is 13.5. The number of carbonyl (C=O) groups is 1. The Hall–Kier alpha value is -2.47. The van der Waals surface area contributed by atoms with E-state index in [0.29, 0.717) is 0 Å². The summed E-state index contributed by atoms with van der Waals surface area (Å²) in [5.41, 5.74) is 4.86. The van der Waals surface area contributed by atoms with Crippen LogP contribution in [-0.4, -0.2) is 41.8 Å². The average Bonchev–Trinajstić information content (AvgIpc) is 3.03. The molecule has 2 aromatic rings. The van der Waals surface area contributed by atoms with Crippen LogP contribution in [0.1, 0.15) is 0 Å². The first-order valence-electron chi connectivity index (χ1n) is 7.08. The molecule has 3 N–H and O–H groups in total. The molecule has 110 valence electrons. The highest BCUT2D eigenvalue weighted by Crippen LogP contribution is 2.21. The largest absolute Gasteiger partial charge is 0.322 e. The molecule has 0 radical (unpaired) electrons. The van der Waals surface area contributed by atoms with Crippen LogP contribution in [0, 0.1) is 0 Å². The molecule has 0 aliphatic carbocycles. The Kier molecular flexibility index (Phi) is 4.07. The van der Waals surface area contributed by atoms with E-state index >= 15 is 0 Å². The smallest absolute Gasteiger partial charge is 0.321 e. The molecule has 0 spiro atoms. The number of para-hydroxylation sites is 2. The summed E-state index contributed by atoms with van der Waals surface area (Å²) < 4.78 is 1.84. The van der Waals surface area contributed by atoms with Gasteiger partial charge in [-0.2, -0.15) is 0 Å². The predicted molar refractivity (Wildman–Crippen MR) is 83.4 cm³/mol. The summed E-state index contributed by atoms with van der Waals surface area (Å²) in [5.74, 6) is 0. The lowest BCUT2D eigenvalue weighted by atomic mass is 10.2. The molecule has 6 nitrogen and oxygen atoms in total. The molecular weight excluding hydrogens is 266 g/mol. The molecule has 0 unspecified atom stereocenters. The molecule has 6 heteroatoms. The highest BCUT2D eigenvalue weighted by Gasteiger charge is 2.16. The lowest BCUT2D eigenvalue weighted by Gasteiger charge is -2.28. The molecule has 1 aromatic heterocycles. The van der Waals surface area contributed by atoms with Gasteiger partial charge in [0.1, 0.15) is 0 Å².